The lowest BCUT2D eigenvalue weighted by molar-refractivity contribution is -0.685. The lowest BCUT2D eigenvalue weighted by Gasteiger charge is -2.31. The van der Waals surface area contributed by atoms with Crippen LogP contribution in [0.25, 0.3) is 33.2 Å². The van der Waals surface area contributed by atoms with Crippen LogP contribution >= 0.6 is 0 Å². The van der Waals surface area contributed by atoms with Crippen molar-refractivity contribution in [3.05, 3.63) is 90.6 Å². The summed E-state index contributed by atoms with van der Waals surface area (Å²) in [6.45, 7) is 5.76. The second-order valence-corrected chi connectivity index (χ2v) is 8.28. The van der Waals surface area contributed by atoms with Gasteiger partial charge in [0, 0.05) is 17.2 Å². The number of aryl methyl sites for hydroxylation is 1. The second kappa shape index (κ2) is 7.15. The van der Waals surface area contributed by atoms with Crippen molar-refractivity contribution in [2.75, 3.05) is 0 Å². The second-order valence-electron chi connectivity index (χ2n) is 8.28. The molecule has 0 atom stereocenters. The van der Waals surface area contributed by atoms with Crippen LogP contribution in [-0.4, -0.2) is 0 Å². The van der Waals surface area contributed by atoms with Crippen LogP contribution in [0.1, 0.15) is 38.7 Å². The molecular formula is C28H28N+. The molecule has 1 aliphatic rings. The van der Waals surface area contributed by atoms with Gasteiger partial charge in [0.15, 0.2) is 6.20 Å². The minimum atomic E-state index is 0.247. The molecule has 0 radical (unpaired) electrons. The lowest BCUT2D eigenvalue weighted by atomic mass is 9.72. The van der Waals surface area contributed by atoms with Gasteiger partial charge in [-0.05, 0) is 36.1 Å². The van der Waals surface area contributed by atoms with Crippen molar-refractivity contribution < 1.29 is 4.57 Å². The third kappa shape index (κ3) is 2.80. The Morgan fingerprint density at radius 2 is 1.38 bits per heavy atom. The predicted molar refractivity (Wildman–Crippen MR) is 122 cm³/mol. The smallest absolute Gasteiger partial charge is 0.197 e. The molecule has 29 heavy (non-hydrogen) atoms. The zero-order valence-electron chi connectivity index (χ0n) is 17.4. The molecule has 1 aliphatic heterocycles. The maximum absolute atomic E-state index is 2.52. The third-order valence-electron chi connectivity index (χ3n) is 7.07. The Balaban J connectivity index is 1.87. The van der Waals surface area contributed by atoms with E-state index in [1.807, 2.05) is 0 Å². The van der Waals surface area contributed by atoms with Crippen molar-refractivity contribution in [3.8, 4) is 22.4 Å². The number of hydrogen-bond donors (Lipinski definition) is 0. The minimum Gasteiger partial charge on any atom is -0.197 e. The van der Waals surface area contributed by atoms with Crippen molar-refractivity contribution in [2.24, 2.45) is 0 Å². The lowest BCUT2D eigenvalue weighted by Crippen LogP contribution is -2.37. The highest BCUT2D eigenvalue weighted by molar-refractivity contribution is 6.02. The van der Waals surface area contributed by atoms with Crippen LogP contribution < -0.4 is 4.57 Å². The molecule has 1 aromatic heterocycles. The number of hydrogen-bond acceptors (Lipinski definition) is 0. The Morgan fingerprint density at radius 1 is 0.724 bits per heavy atom. The fraction of sp³-hybridized carbons (Fsp3) is 0.250. The molecule has 0 N–H and O–H groups in total. The summed E-state index contributed by atoms with van der Waals surface area (Å²) >= 11 is 0. The molecule has 1 heteroatoms. The SMILES string of the molecule is CCC1(CC)CC[n+]2cc(-c3ccccc3)c3ccccc3c2-c2ccccc21. The maximum atomic E-state index is 2.52. The van der Waals surface area contributed by atoms with Crippen LogP contribution in [-0.2, 0) is 12.0 Å². The quantitative estimate of drug-likeness (QED) is 0.341. The number of aromatic nitrogens is 1. The first-order valence-electron chi connectivity index (χ1n) is 10.9. The van der Waals surface area contributed by atoms with Crippen molar-refractivity contribution in [1.29, 1.82) is 0 Å². The van der Waals surface area contributed by atoms with Gasteiger partial charge in [-0.3, -0.25) is 0 Å². The third-order valence-corrected chi connectivity index (χ3v) is 7.07. The van der Waals surface area contributed by atoms with E-state index < -0.39 is 0 Å². The monoisotopic (exact) mass is 378 g/mol. The standard InChI is InChI=1S/C28H28N/c1-3-28(4-2)18-19-29-20-25(21-12-6-5-7-13-21)22-14-8-9-15-23(22)27(29)24-16-10-11-17-26(24)28/h5-17,20H,3-4,18-19H2,1-2H3/q+1. The van der Waals surface area contributed by atoms with Crippen LogP contribution in [0.5, 0.6) is 0 Å². The average molecular weight is 379 g/mol. The molecular weight excluding hydrogens is 350 g/mol. The highest BCUT2D eigenvalue weighted by atomic mass is 15.0. The Bertz CT molecular complexity index is 1170. The minimum absolute atomic E-state index is 0.247. The first-order valence-corrected chi connectivity index (χ1v) is 10.9. The van der Waals surface area contributed by atoms with Crippen LogP contribution in [0, 0.1) is 0 Å². The topological polar surface area (TPSA) is 3.88 Å². The number of benzene rings is 3. The fourth-order valence-electron chi connectivity index (χ4n) is 5.30. The van der Waals surface area contributed by atoms with Gasteiger partial charge in [0.25, 0.3) is 0 Å². The van der Waals surface area contributed by atoms with Crippen molar-refractivity contribution in [3.63, 3.8) is 0 Å². The molecule has 0 saturated carbocycles. The van der Waals surface area contributed by atoms with E-state index in [2.05, 4.69) is 103 Å². The van der Waals surface area contributed by atoms with E-state index >= 15 is 0 Å². The van der Waals surface area contributed by atoms with Crippen LogP contribution in [0.2, 0.25) is 0 Å². The van der Waals surface area contributed by atoms with E-state index in [9.17, 15) is 0 Å². The van der Waals surface area contributed by atoms with Gasteiger partial charge in [0.2, 0.25) is 5.69 Å². The summed E-state index contributed by atoms with van der Waals surface area (Å²) in [7, 11) is 0. The highest BCUT2D eigenvalue weighted by Crippen LogP contribution is 2.44. The van der Waals surface area contributed by atoms with Gasteiger partial charge >= 0.3 is 0 Å². The number of rotatable bonds is 3. The Hall–Kier alpha value is -2.93. The molecule has 3 aromatic carbocycles. The molecule has 144 valence electrons. The fourth-order valence-corrected chi connectivity index (χ4v) is 5.30. The molecule has 0 bridgehead atoms. The molecule has 0 saturated heterocycles. The number of pyridine rings is 1. The molecule has 0 unspecified atom stereocenters. The maximum Gasteiger partial charge on any atom is 0.220 e. The van der Waals surface area contributed by atoms with E-state index in [-0.39, 0.29) is 5.41 Å². The van der Waals surface area contributed by atoms with E-state index in [4.69, 9.17) is 0 Å². The molecule has 0 aliphatic carbocycles. The predicted octanol–water partition coefficient (Wildman–Crippen LogP) is 6.92. The van der Waals surface area contributed by atoms with Gasteiger partial charge in [0.1, 0.15) is 6.54 Å². The van der Waals surface area contributed by atoms with Crippen LogP contribution in [0.4, 0.5) is 0 Å². The van der Waals surface area contributed by atoms with Crippen molar-refractivity contribution in [1.82, 2.24) is 0 Å². The zero-order chi connectivity index (χ0) is 19.8. The summed E-state index contributed by atoms with van der Waals surface area (Å²) < 4.78 is 2.52. The van der Waals surface area contributed by atoms with Crippen molar-refractivity contribution in [2.45, 2.75) is 45.1 Å². The Kier molecular flexibility index (Phi) is 4.47. The summed E-state index contributed by atoms with van der Waals surface area (Å²) in [5.41, 5.74) is 7.16. The molecule has 1 nitrogen and oxygen atoms in total. The van der Waals surface area contributed by atoms with Gasteiger partial charge in [0.05, 0.1) is 16.5 Å². The van der Waals surface area contributed by atoms with Gasteiger partial charge in [-0.15, -0.1) is 0 Å². The highest BCUT2D eigenvalue weighted by Gasteiger charge is 2.38. The molecule has 0 spiro atoms. The summed E-state index contributed by atoms with van der Waals surface area (Å²) in [6.07, 6.45) is 5.93. The first-order chi connectivity index (χ1) is 14.3. The largest absolute Gasteiger partial charge is 0.220 e. The summed E-state index contributed by atoms with van der Waals surface area (Å²) in [5, 5.41) is 2.68. The normalized spacial score (nSPS) is 14.8. The molecule has 2 heterocycles. The van der Waals surface area contributed by atoms with E-state index in [0.717, 1.165) is 6.54 Å². The van der Waals surface area contributed by atoms with Gasteiger partial charge < -0.3 is 0 Å². The summed E-state index contributed by atoms with van der Waals surface area (Å²) in [6, 6.07) is 28.9. The molecule has 4 aromatic rings. The summed E-state index contributed by atoms with van der Waals surface area (Å²) in [5.74, 6) is 0. The van der Waals surface area contributed by atoms with Gasteiger partial charge in [-0.1, -0.05) is 80.6 Å². The average Bonchev–Trinajstić information content (AvgIpc) is 2.94. The van der Waals surface area contributed by atoms with Gasteiger partial charge in [-0.2, -0.15) is 4.57 Å². The van der Waals surface area contributed by atoms with Crippen molar-refractivity contribution >= 4 is 10.8 Å². The molecule has 0 amide bonds. The Morgan fingerprint density at radius 3 is 2.14 bits per heavy atom. The number of nitrogens with zero attached hydrogens (tertiary/aromatic N) is 1. The molecule has 0 fully saturated rings. The van der Waals surface area contributed by atoms with Crippen LogP contribution in [0.3, 0.4) is 0 Å². The summed E-state index contributed by atoms with van der Waals surface area (Å²) in [4.78, 5) is 0. The van der Waals surface area contributed by atoms with Crippen LogP contribution in [0.15, 0.2) is 85.1 Å². The van der Waals surface area contributed by atoms with E-state index in [1.165, 1.54) is 58.0 Å². The Labute approximate surface area is 173 Å². The van der Waals surface area contributed by atoms with E-state index in [0.29, 0.717) is 0 Å². The first kappa shape index (κ1) is 18.1. The zero-order valence-corrected chi connectivity index (χ0v) is 17.4. The molecule has 5 rings (SSSR count). The van der Waals surface area contributed by atoms with Gasteiger partial charge in [-0.25, -0.2) is 0 Å². The number of fused-ring (bicyclic) bond motifs is 5. The van der Waals surface area contributed by atoms with E-state index in [1.54, 1.807) is 0 Å².